The Morgan fingerprint density at radius 2 is 2.12 bits per heavy atom. The lowest BCUT2D eigenvalue weighted by atomic mass is 10.0. The number of anilines is 2. The van der Waals surface area contributed by atoms with E-state index in [9.17, 15) is 9.18 Å². The number of carbonyl (C=O) groups excluding carboxylic acids is 1. The molecular formula is C18H21FN4OS. The second kappa shape index (κ2) is 8.29. The standard InChI is InChI=1S/C18H21FN4OS/c1-13-4-2-3-9-23(13)16-10-18(21-12-20-16)25-11-17(24)22-15-7-5-14(19)6-8-15/h5-8,10,12-13H,2-4,9,11H2,1H3,(H,22,24)/t13-/m0/s1. The zero-order chi connectivity index (χ0) is 17.6. The fourth-order valence-electron chi connectivity index (χ4n) is 2.87. The van der Waals surface area contributed by atoms with Crippen LogP contribution in [0, 0.1) is 5.82 Å². The van der Waals surface area contributed by atoms with E-state index in [4.69, 9.17) is 0 Å². The van der Waals surface area contributed by atoms with Gasteiger partial charge in [0, 0.05) is 24.3 Å². The first-order valence-corrected chi connectivity index (χ1v) is 9.37. The molecule has 1 aliphatic heterocycles. The molecule has 0 bridgehead atoms. The van der Waals surface area contributed by atoms with E-state index in [0.717, 1.165) is 17.4 Å². The minimum absolute atomic E-state index is 0.150. The summed E-state index contributed by atoms with van der Waals surface area (Å²) in [4.78, 5) is 23.0. The average molecular weight is 360 g/mol. The maximum Gasteiger partial charge on any atom is 0.234 e. The van der Waals surface area contributed by atoms with E-state index in [0.29, 0.717) is 11.7 Å². The number of hydrogen-bond acceptors (Lipinski definition) is 5. The Bertz CT molecular complexity index is 725. The predicted octanol–water partition coefficient (Wildman–Crippen LogP) is 3.73. The Morgan fingerprint density at radius 3 is 2.88 bits per heavy atom. The van der Waals surface area contributed by atoms with Crippen LogP contribution in [0.4, 0.5) is 15.9 Å². The highest BCUT2D eigenvalue weighted by Crippen LogP contribution is 2.25. The quantitative estimate of drug-likeness (QED) is 0.650. The molecule has 0 aliphatic carbocycles. The highest BCUT2D eigenvalue weighted by molar-refractivity contribution is 7.99. The number of thioether (sulfide) groups is 1. The molecule has 1 fully saturated rings. The van der Waals surface area contributed by atoms with Crippen LogP contribution >= 0.6 is 11.8 Å². The molecule has 0 unspecified atom stereocenters. The summed E-state index contributed by atoms with van der Waals surface area (Å²) in [6.45, 7) is 3.22. The van der Waals surface area contributed by atoms with Gasteiger partial charge in [-0.15, -0.1) is 0 Å². The summed E-state index contributed by atoms with van der Waals surface area (Å²) >= 11 is 1.37. The first-order chi connectivity index (χ1) is 12.1. The van der Waals surface area contributed by atoms with E-state index in [2.05, 4.69) is 27.1 Å². The summed E-state index contributed by atoms with van der Waals surface area (Å²) < 4.78 is 12.9. The molecule has 7 heteroatoms. The fraction of sp³-hybridized carbons (Fsp3) is 0.389. The van der Waals surface area contributed by atoms with Crippen molar-refractivity contribution < 1.29 is 9.18 Å². The van der Waals surface area contributed by atoms with Crippen molar-refractivity contribution in [2.45, 2.75) is 37.3 Å². The lowest BCUT2D eigenvalue weighted by Gasteiger charge is -2.34. The van der Waals surface area contributed by atoms with Crippen LogP contribution in [0.25, 0.3) is 0 Å². The van der Waals surface area contributed by atoms with Crippen molar-refractivity contribution in [2.24, 2.45) is 0 Å². The number of hydrogen-bond donors (Lipinski definition) is 1. The fourth-order valence-corrected chi connectivity index (χ4v) is 3.54. The first kappa shape index (κ1) is 17.7. The van der Waals surface area contributed by atoms with Gasteiger partial charge in [0.05, 0.1) is 5.75 Å². The summed E-state index contributed by atoms with van der Waals surface area (Å²) in [7, 11) is 0. The summed E-state index contributed by atoms with van der Waals surface area (Å²) in [6.07, 6.45) is 5.16. The van der Waals surface area contributed by atoms with Crippen LogP contribution in [0.3, 0.4) is 0 Å². The van der Waals surface area contributed by atoms with Crippen LogP contribution in [-0.4, -0.2) is 34.2 Å². The Labute approximate surface area is 151 Å². The molecule has 2 heterocycles. The largest absolute Gasteiger partial charge is 0.354 e. The van der Waals surface area contributed by atoms with Crippen LogP contribution in [-0.2, 0) is 4.79 Å². The molecule has 3 rings (SSSR count). The molecule has 1 amide bonds. The molecule has 1 atom stereocenters. The summed E-state index contributed by atoms with van der Waals surface area (Å²) in [6, 6.07) is 8.13. The molecule has 1 saturated heterocycles. The van der Waals surface area contributed by atoms with Gasteiger partial charge in [-0.05, 0) is 50.5 Å². The van der Waals surface area contributed by atoms with Gasteiger partial charge in [0.2, 0.25) is 5.91 Å². The van der Waals surface area contributed by atoms with Gasteiger partial charge >= 0.3 is 0 Å². The molecule has 0 saturated carbocycles. The average Bonchev–Trinajstić information content (AvgIpc) is 2.63. The molecule has 1 N–H and O–H groups in total. The Balaban J connectivity index is 1.56. The molecule has 0 radical (unpaired) electrons. The number of aromatic nitrogens is 2. The number of carbonyl (C=O) groups is 1. The Kier molecular flexibility index (Phi) is 5.86. The van der Waals surface area contributed by atoms with Gasteiger partial charge < -0.3 is 10.2 Å². The second-order valence-corrected chi connectivity index (χ2v) is 7.09. The molecule has 2 aromatic rings. The normalized spacial score (nSPS) is 17.4. The molecule has 0 spiro atoms. The Morgan fingerprint density at radius 1 is 1.32 bits per heavy atom. The van der Waals surface area contributed by atoms with Gasteiger partial charge in [-0.25, -0.2) is 14.4 Å². The monoisotopic (exact) mass is 360 g/mol. The lowest BCUT2D eigenvalue weighted by molar-refractivity contribution is -0.113. The van der Waals surface area contributed by atoms with Crippen LogP contribution < -0.4 is 10.2 Å². The highest BCUT2D eigenvalue weighted by atomic mass is 32.2. The van der Waals surface area contributed by atoms with E-state index in [1.54, 1.807) is 18.5 Å². The molecule has 1 aromatic heterocycles. The number of rotatable bonds is 5. The van der Waals surface area contributed by atoms with Gasteiger partial charge in [-0.3, -0.25) is 4.79 Å². The van der Waals surface area contributed by atoms with Gasteiger partial charge in [-0.1, -0.05) is 11.8 Å². The first-order valence-electron chi connectivity index (χ1n) is 8.39. The number of piperidine rings is 1. The van der Waals surface area contributed by atoms with Crippen LogP contribution in [0.5, 0.6) is 0 Å². The van der Waals surface area contributed by atoms with Crippen LogP contribution in [0.1, 0.15) is 26.2 Å². The molecule has 25 heavy (non-hydrogen) atoms. The number of halogens is 1. The SMILES string of the molecule is C[C@H]1CCCCN1c1cc(SCC(=O)Nc2ccc(F)cc2)ncn1. The smallest absolute Gasteiger partial charge is 0.234 e. The van der Waals surface area contributed by atoms with Gasteiger partial charge in [0.1, 0.15) is 23.0 Å². The summed E-state index contributed by atoms with van der Waals surface area (Å²) in [5.74, 6) is 0.684. The highest BCUT2D eigenvalue weighted by Gasteiger charge is 2.20. The predicted molar refractivity (Wildman–Crippen MR) is 98.4 cm³/mol. The molecular weight excluding hydrogens is 339 g/mol. The Hall–Kier alpha value is -2.15. The van der Waals surface area contributed by atoms with Crippen LogP contribution in [0.15, 0.2) is 41.7 Å². The third-order valence-electron chi connectivity index (χ3n) is 4.20. The summed E-state index contributed by atoms with van der Waals surface area (Å²) in [5.41, 5.74) is 0.581. The minimum atomic E-state index is -0.326. The van der Waals surface area contributed by atoms with E-state index in [1.165, 1.54) is 43.2 Å². The maximum absolute atomic E-state index is 12.9. The van der Waals surface area contributed by atoms with Crippen molar-refractivity contribution in [3.05, 3.63) is 42.5 Å². The van der Waals surface area contributed by atoms with Crippen LogP contribution in [0.2, 0.25) is 0 Å². The molecule has 132 valence electrons. The zero-order valence-electron chi connectivity index (χ0n) is 14.1. The van der Waals surface area contributed by atoms with E-state index in [-0.39, 0.29) is 17.5 Å². The van der Waals surface area contributed by atoms with Gasteiger partial charge in [-0.2, -0.15) is 0 Å². The lowest BCUT2D eigenvalue weighted by Crippen LogP contribution is -2.38. The minimum Gasteiger partial charge on any atom is -0.354 e. The van der Waals surface area contributed by atoms with Crippen molar-refractivity contribution in [3.63, 3.8) is 0 Å². The molecule has 1 aromatic carbocycles. The van der Waals surface area contributed by atoms with Crippen molar-refractivity contribution in [1.29, 1.82) is 0 Å². The topological polar surface area (TPSA) is 58.1 Å². The third-order valence-corrected chi connectivity index (χ3v) is 5.13. The van der Waals surface area contributed by atoms with Crippen molar-refractivity contribution >= 4 is 29.2 Å². The summed E-state index contributed by atoms with van der Waals surface area (Å²) in [5, 5.41) is 3.52. The number of benzene rings is 1. The van der Waals surface area contributed by atoms with Gasteiger partial charge in [0.15, 0.2) is 0 Å². The van der Waals surface area contributed by atoms with E-state index < -0.39 is 0 Å². The second-order valence-electron chi connectivity index (χ2n) is 6.10. The zero-order valence-corrected chi connectivity index (χ0v) is 14.9. The maximum atomic E-state index is 12.9. The van der Waals surface area contributed by atoms with Crippen molar-refractivity contribution in [1.82, 2.24) is 9.97 Å². The van der Waals surface area contributed by atoms with Crippen molar-refractivity contribution in [2.75, 3.05) is 22.5 Å². The third kappa shape index (κ3) is 4.92. The number of amides is 1. The van der Waals surface area contributed by atoms with Gasteiger partial charge in [0.25, 0.3) is 0 Å². The number of nitrogens with zero attached hydrogens (tertiary/aromatic N) is 3. The molecule has 5 nitrogen and oxygen atoms in total. The van der Waals surface area contributed by atoms with Crippen molar-refractivity contribution in [3.8, 4) is 0 Å². The number of nitrogens with one attached hydrogen (secondary N) is 1. The molecule has 1 aliphatic rings. The van der Waals surface area contributed by atoms with E-state index >= 15 is 0 Å². The van der Waals surface area contributed by atoms with E-state index in [1.807, 2.05) is 6.07 Å².